The Kier molecular flexibility index (Phi) is 4.09. The summed E-state index contributed by atoms with van der Waals surface area (Å²) in [5, 5.41) is 4.81. The van der Waals surface area contributed by atoms with E-state index in [-0.39, 0.29) is 0 Å². The van der Waals surface area contributed by atoms with E-state index < -0.39 is 13.3 Å². The molecule has 2 aliphatic rings. The van der Waals surface area contributed by atoms with E-state index in [4.69, 9.17) is 0 Å². The first-order valence-electron chi connectivity index (χ1n) is 9.29. The third-order valence-electron chi connectivity index (χ3n) is 6.26. The molecule has 0 amide bonds. The quantitative estimate of drug-likeness (QED) is 0.524. The Morgan fingerprint density at radius 2 is 1.74 bits per heavy atom. The second-order valence-electron chi connectivity index (χ2n) is 7.72. The summed E-state index contributed by atoms with van der Waals surface area (Å²) in [7, 11) is 2.16. The summed E-state index contributed by atoms with van der Waals surface area (Å²) < 4.78 is 4.14. The van der Waals surface area contributed by atoms with Crippen LogP contribution in [0, 0.1) is 6.92 Å². The molecule has 1 aromatic carbocycles. The SMILES string of the molecule is Cc1c[c]2c(cc1-c1cccc[n+]1C)CC[CH2][Ge]21[CH2]CCC[CH2]1. The molecule has 1 nitrogen and oxygen atoms in total. The Labute approximate surface area is 143 Å². The molecule has 0 N–H and O–H groups in total. The van der Waals surface area contributed by atoms with Gasteiger partial charge in [0.05, 0.1) is 0 Å². The molecule has 2 aromatic rings. The van der Waals surface area contributed by atoms with Gasteiger partial charge >= 0.3 is 143 Å². The number of rotatable bonds is 1. The van der Waals surface area contributed by atoms with E-state index in [1.165, 1.54) is 48.9 Å². The molecule has 0 bridgehead atoms. The van der Waals surface area contributed by atoms with Gasteiger partial charge in [-0.2, -0.15) is 0 Å². The Bertz CT molecular complexity index is 729. The number of fused-ring (bicyclic) bond motifs is 2. The molecule has 3 heterocycles. The zero-order chi connectivity index (χ0) is 15.9. The van der Waals surface area contributed by atoms with Gasteiger partial charge in [0.25, 0.3) is 0 Å². The summed E-state index contributed by atoms with van der Waals surface area (Å²) in [5.74, 6) is 0. The van der Waals surface area contributed by atoms with Crippen molar-refractivity contribution in [1.29, 1.82) is 0 Å². The number of hydrogen-bond donors (Lipinski definition) is 0. The van der Waals surface area contributed by atoms with Gasteiger partial charge in [-0.05, 0) is 0 Å². The predicted octanol–water partition coefficient (Wildman–Crippen LogP) is 4.27. The van der Waals surface area contributed by atoms with Crippen molar-refractivity contribution in [2.75, 3.05) is 0 Å². The minimum atomic E-state index is -1.75. The summed E-state index contributed by atoms with van der Waals surface area (Å²) in [5.41, 5.74) is 6.00. The number of aryl methyl sites for hydroxylation is 3. The van der Waals surface area contributed by atoms with Gasteiger partial charge in [0.2, 0.25) is 0 Å². The Balaban J connectivity index is 1.84. The van der Waals surface area contributed by atoms with Gasteiger partial charge in [-0.1, -0.05) is 0 Å². The fraction of sp³-hybridized carbons (Fsp3) is 0.476. The molecule has 2 aliphatic heterocycles. The van der Waals surface area contributed by atoms with Crippen LogP contribution < -0.4 is 8.96 Å². The average Bonchev–Trinajstić information content (AvgIpc) is 2.57. The third-order valence-corrected chi connectivity index (χ3v) is 17.9. The van der Waals surface area contributed by atoms with Crippen molar-refractivity contribution in [1.82, 2.24) is 0 Å². The van der Waals surface area contributed by atoms with Crippen molar-refractivity contribution in [3.63, 3.8) is 0 Å². The standard InChI is InChI=1S/C21H28GeN/c1-17-15-20-18(9-8-13-22(20)11-5-3-6-12-22)16-19(17)21-10-4-7-14-23(21)2/h4,7,10,14-16H,3,5-6,8-9,11-13H2,1-2H3/q+1. The van der Waals surface area contributed by atoms with Gasteiger partial charge in [0.15, 0.2) is 0 Å². The zero-order valence-corrected chi connectivity index (χ0v) is 16.7. The van der Waals surface area contributed by atoms with E-state index in [2.05, 4.69) is 55.1 Å². The van der Waals surface area contributed by atoms with Crippen molar-refractivity contribution in [2.24, 2.45) is 7.05 Å². The molecule has 4 rings (SSSR count). The van der Waals surface area contributed by atoms with Crippen molar-refractivity contribution in [3.8, 4) is 11.3 Å². The Morgan fingerprint density at radius 3 is 2.52 bits per heavy atom. The van der Waals surface area contributed by atoms with Crippen LogP contribution in [-0.4, -0.2) is 13.3 Å². The molecule has 0 atom stereocenters. The second kappa shape index (κ2) is 6.09. The van der Waals surface area contributed by atoms with E-state index >= 15 is 0 Å². The molecule has 1 saturated heterocycles. The second-order valence-corrected chi connectivity index (χ2v) is 17.4. The average molecular weight is 367 g/mol. The predicted molar refractivity (Wildman–Crippen MR) is 99.8 cm³/mol. The topological polar surface area (TPSA) is 3.88 Å². The van der Waals surface area contributed by atoms with Crippen LogP contribution in [0.5, 0.6) is 0 Å². The van der Waals surface area contributed by atoms with Crippen LogP contribution in [0.2, 0.25) is 15.8 Å². The summed E-state index contributed by atoms with van der Waals surface area (Å²) in [6, 6.07) is 11.7. The molecule has 0 radical (unpaired) electrons. The van der Waals surface area contributed by atoms with Gasteiger partial charge < -0.3 is 0 Å². The first-order chi connectivity index (χ1) is 11.2. The van der Waals surface area contributed by atoms with Crippen LogP contribution in [0.1, 0.15) is 36.8 Å². The monoisotopic (exact) mass is 368 g/mol. The van der Waals surface area contributed by atoms with E-state index in [9.17, 15) is 0 Å². The van der Waals surface area contributed by atoms with E-state index in [0.717, 1.165) is 0 Å². The molecule has 1 spiro atoms. The van der Waals surface area contributed by atoms with Crippen LogP contribution in [0.15, 0.2) is 36.5 Å². The van der Waals surface area contributed by atoms with E-state index in [1.54, 1.807) is 21.3 Å². The summed E-state index contributed by atoms with van der Waals surface area (Å²) in [4.78, 5) is 0. The Hall–Kier alpha value is -1.09. The van der Waals surface area contributed by atoms with E-state index in [0.29, 0.717) is 0 Å². The van der Waals surface area contributed by atoms with E-state index in [1.807, 2.05) is 4.40 Å². The molecule has 23 heavy (non-hydrogen) atoms. The summed E-state index contributed by atoms with van der Waals surface area (Å²) in [6.07, 6.45) is 9.43. The fourth-order valence-electron chi connectivity index (χ4n) is 5.03. The molecule has 1 fully saturated rings. The fourth-order valence-corrected chi connectivity index (χ4v) is 16.9. The molecule has 0 saturated carbocycles. The third kappa shape index (κ3) is 2.67. The van der Waals surface area contributed by atoms with Gasteiger partial charge in [-0.15, -0.1) is 0 Å². The molecular weight excluding hydrogens is 339 g/mol. The van der Waals surface area contributed by atoms with Crippen molar-refractivity contribution in [3.05, 3.63) is 47.7 Å². The van der Waals surface area contributed by atoms with Crippen LogP contribution in [-0.2, 0) is 13.5 Å². The number of hydrogen-bond acceptors (Lipinski definition) is 0. The van der Waals surface area contributed by atoms with Gasteiger partial charge in [0.1, 0.15) is 0 Å². The van der Waals surface area contributed by atoms with Gasteiger partial charge in [0, 0.05) is 0 Å². The molecule has 0 aliphatic carbocycles. The first-order valence-corrected chi connectivity index (χ1v) is 14.8. The molecule has 2 heteroatoms. The first kappa shape index (κ1) is 15.4. The zero-order valence-electron chi connectivity index (χ0n) is 14.6. The molecule has 1 aromatic heterocycles. The summed E-state index contributed by atoms with van der Waals surface area (Å²) >= 11 is -1.75. The van der Waals surface area contributed by atoms with Crippen LogP contribution in [0.3, 0.4) is 0 Å². The number of nitrogens with zero attached hydrogens (tertiary/aromatic N) is 1. The minimum absolute atomic E-state index is 1.31. The van der Waals surface area contributed by atoms with Crippen molar-refractivity contribution >= 4 is 17.7 Å². The molecular formula is C21H28GeN+. The summed E-state index contributed by atoms with van der Waals surface area (Å²) in [6.45, 7) is 2.33. The van der Waals surface area contributed by atoms with Crippen molar-refractivity contribution in [2.45, 2.75) is 54.8 Å². The molecule has 120 valence electrons. The van der Waals surface area contributed by atoms with Crippen molar-refractivity contribution < 1.29 is 4.57 Å². The number of pyridine rings is 1. The van der Waals surface area contributed by atoms with Crippen LogP contribution in [0.25, 0.3) is 11.3 Å². The van der Waals surface area contributed by atoms with Gasteiger partial charge in [-0.25, -0.2) is 0 Å². The van der Waals surface area contributed by atoms with Crippen LogP contribution >= 0.6 is 0 Å². The van der Waals surface area contributed by atoms with Crippen LogP contribution in [0.4, 0.5) is 0 Å². The normalized spacial score (nSPS) is 19.6. The number of aromatic nitrogens is 1. The van der Waals surface area contributed by atoms with Gasteiger partial charge in [-0.3, -0.25) is 0 Å². The number of benzene rings is 1. The maximum atomic E-state index is 2.63. The maximum absolute atomic E-state index is 2.63. The molecule has 0 unspecified atom stereocenters. The Morgan fingerprint density at radius 1 is 0.957 bits per heavy atom.